The summed E-state index contributed by atoms with van der Waals surface area (Å²) in [5, 5.41) is 8.47. The van der Waals surface area contributed by atoms with Crippen molar-refractivity contribution in [3.63, 3.8) is 0 Å². The van der Waals surface area contributed by atoms with E-state index in [-0.39, 0.29) is 49.0 Å². The van der Waals surface area contributed by atoms with Crippen LogP contribution in [0, 0.1) is 36.8 Å². The fourth-order valence-corrected chi connectivity index (χ4v) is 3.93. The third-order valence-electron chi connectivity index (χ3n) is 6.42. The monoisotopic (exact) mass is 679 g/mol. The maximum Gasteiger partial charge on any atom is 1.00 e. The van der Waals surface area contributed by atoms with E-state index in [2.05, 4.69) is 33.4 Å². The van der Waals surface area contributed by atoms with Gasteiger partial charge in [0.1, 0.15) is 13.2 Å². The van der Waals surface area contributed by atoms with Crippen LogP contribution >= 0.6 is 0 Å². The quantitative estimate of drug-likeness (QED) is 0.0829. The molecule has 0 aliphatic heterocycles. The standard InChI is InChI=1S/C21H19NO3.C19H15NO3.Li.2H2O/c1-3-25-21(23)16-24-15-14-19-8-6-17(7-9-19)4-5-18-10-12-20(22-2)13-11-18;1-20-18-10-8-16(9-11-18)3-2-15-4-6-17(7-5-15)12-13-23-14-19(21)22;;;/h6-13H,3,14-16H2,1H3;4-11H,12-14H2,(H,21,22);;2*1H2/q;;+1;;/p-2. The number of rotatable bonds is 11. The number of hydrogen-bond donors (Lipinski definition) is 1. The predicted octanol–water partition coefficient (Wildman–Crippen LogP) is 3.69. The minimum Gasteiger partial charge on any atom is -0.870 e. The zero-order valence-corrected chi connectivity index (χ0v) is 28.5. The number of carbonyl (C=O) groups is 2. The molecule has 51 heavy (non-hydrogen) atoms. The minimum absolute atomic E-state index is 0. The molecule has 4 aromatic carbocycles. The van der Waals surface area contributed by atoms with E-state index in [1.54, 1.807) is 31.2 Å². The topological polar surface area (TPSA) is 151 Å². The van der Waals surface area contributed by atoms with E-state index in [1.165, 1.54) is 0 Å². The molecule has 0 saturated heterocycles. The van der Waals surface area contributed by atoms with Crippen LogP contribution in [0.15, 0.2) is 97.1 Å². The zero-order chi connectivity index (χ0) is 34.4. The molecule has 10 nitrogen and oxygen atoms in total. The van der Waals surface area contributed by atoms with E-state index in [0.717, 1.165) is 39.8 Å². The summed E-state index contributed by atoms with van der Waals surface area (Å²) in [4.78, 5) is 28.2. The van der Waals surface area contributed by atoms with Crippen molar-refractivity contribution in [2.75, 3.05) is 33.0 Å². The van der Waals surface area contributed by atoms with E-state index in [0.29, 0.717) is 37.6 Å². The van der Waals surface area contributed by atoms with Crippen molar-refractivity contribution in [2.45, 2.75) is 19.8 Å². The van der Waals surface area contributed by atoms with Gasteiger partial charge in [-0.15, -0.1) is 0 Å². The van der Waals surface area contributed by atoms with Crippen molar-refractivity contribution in [3.05, 3.63) is 153 Å². The number of esters is 1. The van der Waals surface area contributed by atoms with Crippen molar-refractivity contribution >= 4 is 23.3 Å². The second kappa shape index (κ2) is 26.3. The molecule has 0 atom stereocenters. The van der Waals surface area contributed by atoms with Gasteiger partial charge in [0.05, 0.1) is 33.0 Å². The van der Waals surface area contributed by atoms with Crippen molar-refractivity contribution in [2.24, 2.45) is 0 Å². The number of aliphatic carboxylic acids is 1. The molecular formula is C40H36LiN2O8-. The fourth-order valence-electron chi connectivity index (χ4n) is 3.93. The summed E-state index contributed by atoms with van der Waals surface area (Å²) in [6, 6.07) is 30.0. The van der Waals surface area contributed by atoms with Crippen LogP contribution < -0.4 is 18.9 Å². The Morgan fingerprint density at radius 3 is 1.25 bits per heavy atom. The van der Waals surface area contributed by atoms with Gasteiger partial charge in [-0.1, -0.05) is 96.5 Å². The number of ether oxygens (including phenoxy) is 3. The first-order valence-electron chi connectivity index (χ1n) is 15.1. The molecule has 0 aliphatic rings. The van der Waals surface area contributed by atoms with Gasteiger partial charge < -0.3 is 30.3 Å². The van der Waals surface area contributed by atoms with E-state index in [9.17, 15) is 9.59 Å². The molecule has 0 fully saturated rings. The molecule has 11 heteroatoms. The van der Waals surface area contributed by atoms with Gasteiger partial charge in [-0.3, -0.25) is 0 Å². The molecule has 0 aromatic heterocycles. The Hall–Kier alpha value is -5.64. The summed E-state index contributed by atoms with van der Waals surface area (Å²) in [7, 11) is 0. The Balaban J connectivity index is 0.000000929. The second-order valence-corrected chi connectivity index (χ2v) is 10.0. The van der Waals surface area contributed by atoms with E-state index >= 15 is 0 Å². The van der Waals surface area contributed by atoms with Crippen molar-refractivity contribution in [1.82, 2.24) is 0 Å². The predicted molar refractivity (Wildman–Crippen MR) is 187 cm³/mol. The number of nitrogens with zero attached hydrogens (tertiary/aromatic N) is 2. The van der Waals surface area contributed by atoms with Crippen molar-refractivity contribution in [3.8, 4) is 23.7 Å². The molecule has 0 spiro atoms. The molecular weight excluding hydrogens is 643 g/mol. The third-order valence-corrected chi connectivity index (χ3v) is 6.42. The van der Waals surface area contributed by atoms with Gasteiger partial charge in [0, 0.05) is 22.3 Å². The molecule has 0 unspecified atom stereocenters. The molecule has 0 aliphatic carbocycles. The number of carboxylic acid groups (broad SMARTS) is 1. The van der Waals surface area contributed by atoms with Gasteiger partial charge in [-0.05, 0) is 55.2 Å². The van der Waals surface area contributed by atoms with Gasteiger partial charge in [0.15, 0.2) is 11.4 Å². The van der Waals surface area contributed by atoms with Crippen molar-refractivity contribution < 1.29 is 58.7 Å². The Morgan fingerprint density at radius 1 is 0.608 bits per heavy atom. The summed E-state index contributed by atoms with van der Waals surface area (Å²) >= 11 is 0. The summed E-state index contributed by atoms with van der Waals surface area (Å²) in [5.41, 5.74) is 6.97. The van der Waals surface area contributed by atoms with Crippen LogP contribution in [-0.4, -0.2) is 61.0 Å². The number of carbonyl (C=O) groups excluding carboxylic acids is 1. The van der Waals surface area contributed by atoms with Crippen molar-refractivity contribution in [1.29, 1.82) is 0 Å². The first-order valence-corrected chi connectivity index (χ1v) is 15.1. The maximum atomic E-state index is 11.1. The second-order valence-electron chi connectivity index (χ2n) is 10.0. The Morgan fingerprint density at radius 2 is 0.941 bits per heavy atom. The van der Waals surface area contributed by atoms with Gasteiger partial charge in [-0.2, -0.15) is 0 Å². The summed E-state index contributed by atoms with van der Waals surface area (Å²) in [5.74, 6) is 11.0. The first-order chi connectivity index (χ1) is 23.4. The average Bonchev–Trinajstić information content (AvgIpc) is 3.12. The van der Waals surface area contributed by atoms with Crippen LogP contribution in [0.1, 0.15) is 40.3 Å². The molecule has 4 aromatic rings. The maximum absolute atomic E-state index is 11.1. The van der Waals surface area contributed by atoms with Crippen LogP contribution in [0.5, 0.6) is 0 Å². The van der Waals surface area contributed by atoms with E-state index in [4.69, 9.17) is 32.5 Å². The molecule has 0 heterocycles. The van der Waals surface area contributed by atoms with Gasteiger partial charge in [0.25, 0.3) is 0 Å². The minimum atomic E-state index is -0.958. The van der Waals surface area contributed by atoms with Crippen LogP contribution in [0.2, 0.25) is 0 Å². The van der Waals surface area contributed by atoms with Crippen LogP contribution in [-0.2, 0) is 36.6 Å². The normalized spacial score (nSPS) is 9.00. The number of carboxylic acids is 1. The number of benzene rings is 4. The van der Waals surface area contributed by atoms with Gasteiger partial charge in [0.2, 0.25) is 0 Å². The summed E-state index contributed by atoms with van der Waals surface area (Å²) < 4.78 is 15.1. The fraction of sp³-hybridized carbons (Fsp3) is 0.200. The Kier molecular flexibility index (Phi) is 23.3. The summed E-state index contributed by atoms with van der Waals surface area (Å²) in [6.07, 6.45) is 1.39. The SMILES string of the molecule is [C-]#[N+]c1ccc(C#Cc2ccc(CCOCC(=O)O)cc2)cc1.[C-]#[N+]c1ccc(C#Cc2ccc(CCOCC(=O)OCC)cc2)cc1.[Li+].[OH-].[OH-]. The third kappa shape index (κ3) is 18.6. The molecule has 0 amide bonds. The van der Waals surface area contributed by atoms with Gasteiger partial charge >= 0.3 is 30.8 Å². The smallest absolute Gasteiger partial charge is 0.870 e. The average molecular weight is 680 g/mol. The number of hydrogen-bond acceptors (Lipinski definition) is 7. The Labute approximate surface area is 310 Å². The summed E-state index contributed by atoms with van der Waals surface area (Å²) in [6.45, 7) is 16.5. The molecule has 4 rings (SSSR count). The van der Waals surface area contributed by atoms with Crippen LogP contribution in [0.4, 0.5) is 11.4 Å². The largest absolute Gasteiger partial charge is 1.00 e. The van der Waals surface area contributed by atoms with E-state index in [1.807, 2.05) is 72.8 Å². The molecule has 256 valence electrons. The van der Waals surface area contributed by atoms with E-state index < -0.39 is 5.97 Å². The van der Waals surface area contributed by atoms with Gasteiger partial charge in [-0.25, -0.2) is 19.3 Å². The first kappa shape index (κ1) is 45.4. The molecule has 0 saturated carbocycles. The molecule has 0 bridgehead atoms. The molecule has 0 radical (unpaired) electrons. The van der Waals surface area contributed by atoms with Crippen LogP contribution in [0.3, 0.4) is 0 Å². The molecule has 3 N–H and O–H groups in total. The Bertz CT molecular complexity index is 1840. The van der Waals surface area contributed by atoms with Crippen LogP contribution in [0.25, 0.3) is 9.69 Å². The zero-order valence-electron chi connectivity index (χ0n) is 28.5.